The number of aromatic hydroxyl groups is 1. The molecule has 62 valence electrons. The Morgan fingerprint density at radius 1 is 1.42 bits per heavy atom. The molecule has 12 heavy (non-hydrogen) atoms. The molecule has 0 aliphatic heterocycles. The van der Waals surface area contributed by atoms with Gasteiger partial charge in [-0.25, -0.2) is 0 Å². The average Bonchev–Trinajstić information content (AvgIpc) is 2.49. The Kier molecular flexibility index (Phi) is 1.62. The van der Waals surface area contributed by atoms with Crippen molar-refractivity contribution >= 4 is 6.08 Å². The maximum Gasteiger partial charge on any atom is 0.123 e. The molecule has 0 radical (unpaired) electrons. The molecule has 2 nitrogen and oxygen atoms in total. The van der Waals surface area contributed by atoms with Gasteiger partial charge in [0.1, 0.15) is 5.75 Å². The predicted molar refractivity (Wildman–Crippen MR) is 48.8 cm³/mol. The van der Waals surface area contributed by atoms with Crippen molar-refractivity contribution < 1.29 is 5.11 Å². The van der Waals surface area contributed by atoms with Gasteiger partial charge in [-0.15, -0.1) is 0 Å². The molecule has 2 rings (SSSR count). The first kappa shape index (κ1) is 7.37. The summed E-state index contributed by atoms with van der Waals surface area (Å²) < 4.78 is 0. The lowest BCUT2D eigenvalue weighted by Gasteiger charge is -1.99. The quantitative estimate of drug-likeness (QED) is 0.652. The van der Waals surface area contributed by atoms with E-state index in [9.17, 15) is 5.11 Å². The number of hydrogen-bond donors (Lipinski definition) is 2. The maximum absolute atomic E-state index is 9.46. The first-order chi connectivity index (χ1) is 5.81. The summed E-state index contributed by atoms with van der Waals surface area (Å²) in [7, 11) is 0. The summed E-state index contributed by atoms with van der Waals surface area (Å²) in [6, 6.07) is 5.59. The number of benzene rings is 1. The third-order valence-electron chi connectivity index (χ3n) is 2.20. The topological polar surface area (TPSA) is 46.2 Å². The van der Waals surface area contributed by atoms with Gasteiger partial charge in [0.2, 0.25) is 0 Å². The lowest BCUT2D eigenvalue weighted by atomic mass is 10.1. The molecule has 0 saturated carbocycles. The first-order valence-electron chi connectivity index (χ1n) is 4.01. The Balaban J connectivity index is 2.48. The average molecular weight is 161 g/mol. The van der Waals surface area contributed by atoms with Gasteiger partial charge in [0, 0.05) is 12.1 Å². The monoisotopic (exact) mass is 161 g/mol. The van der Waals surface area contributed by atoms with Crippen molar-refractivity contribution in [1.29, 1.82) is 0 Å². The van der Waals surface area contributed by atoms with E-state index in [1.54, 1.807) is 6.07 Å². The van der Waals surface area contributed by atoms with Crippen molar-refractivity contribution in [3.63, 3.8) is 0 Å². The molecule has 0 aromatic heterocycles. The highest BCUT2D eigenvalue weighted by Gasteiger charge is 2.13. The summed E-state index contributed by atoms with van der Waals surface area (Å²) in [6.07, 6.45) is 2.87. The van der Waals surface area contributed by atoms with E-state index >= 15 is 0 Å². The standard InChI is InChI=1S/C10H11NO/c11-6-7-4-8-2-1-3-10(12)9(8)5-7/h1-3,5,12H,4,6,11H2. The Morgan fingerprint density at radius 2 is 2.25 bits per heavy atom. The van der Waals surface area contributed by atoms with Crippen LogP contribution in [0.4, 0.5) is 0 Å². The Morgan fingerprint density at radius 3 is 2.92 bits per heavy atom. The molecule has 1 aromatic rings. The van der Waals surface area contributed by atoms with Gasteiger partial charge in [-0.1, -0.05) is 23.8 Å². The molecular formula is C10H11NO. The number of phenols is 1. The van der Waals surface area contributed by atoms with E-state index in [0.29, 0.717) is 12.3 Å². The maximum atomic E-state index is 9.46. The minimum atomic E-state index is 0.357. The molecule has 3 N–H and O–H groups in total. The van der Waals surface area contributed by atoms with Gasteiger partial charge in [0.15, 0.2) is 0 Å². The summed E-state index contributed by atoms with van der Waals surface area (Å²) in [4.78, 5) is 0. The van der Waals surface area contributed by atoms with Gasteiger partial charge in [-0.05, 0) is 18.1 Å². The molecule has 1 aromatic carbocycles. The fourth-order valence-corrected chi connectivity index (χ4v) is 1.55. The zero-order chi connectivity index (χ0) is 8.55. The summed E-state index contributed by atoms with van der Waals surface area (Å²) in [5, 5.41) is 9.46. The van der Waals surface area contributed by atoms with Crippen LogP contribution >= 0.6 is 0 Å². The normalized spacial score (nSPS) is 14.2. The van der Waals surface area contributed by atoms with Gasteiger partial charge < -0.3 is 10.8 Å². The van der Waals surface area contributed by atoms with Crippen LogP contribution in [0.3, 0.4) is 0 Å². The van der Waals surface area contributed by atoms with Crippen molar-refractivity contribution in [2.45, 2.75) is 6.42 Å². The fourth-order valence-electron chi connectivity index (χ4n) is 1.55. The van der Waals surface area contributed by atoms with Gasteiger partial charge in [0.25, 0.3) is 0 Å². The highest BCUT2D eigenvalue weighted by molar-refractivity contribution is 5.68. The summed E-state index contributed by atoms with van der Waals surface area (Å²) in [6.45, 7) is 0.578. The van der Waals surface area contributed by atoms with Crippen molar-refractivity contribution in [1.82, 2.24) is 0 Å². The molecule has 0 amide bonds. The third-order valence-corrected chi connectivity index (χ3v) is 2.20. The molecule has 0 bridgehead atoms. The number of nitrogens with two attached hydrogens (primary N) is 1. The molecule has 1 aliphatic carbocycles. The van der Waals surface area contributed by atoms with Gasteiger partial charge in [-0.3, -0.25) is 0 Å². The second-order valence-corrected chi connectivity index (χ2v) is 3.03. The highest BCUT2D eigenvalue weighted by Crippen LogP contribution is 2.30. The van der Waals surface area contributed by atoms with E-state index in [-0.39, 0.29) is 0 Å². The number of hydrogen-bond acceptors (Lipinski definition) is 2. The minimum Gasteiger partial charge on any atom is -0.507 e. The summed E-state index contributed by atoms with van der Waals surface area (Å²) in [5.41, 5.74) is 8.82. The van der Waals surface area contributed by atoms with Crippen molar-refractivity contribution in [2.24, 2.45) is 5.73 Å². The predicted octanol–water partition coefficient (Wildman–Crippen LogP) is 1.29. The second kappa shape index (κ2) is 2.64. The number of fused-ring (bicyclic) bond motifs is 1. The largest absolute Gasteiger partial charge is 0.507 e. The van der Waals surface area contributed by atoms with Crippen molar-refractivity contribution in [2.75, 3.05) is 6.54 Å². The van der Waals surface area contributed by atoms with Gasteiger partial charge in [-0.2, -0.15) is 0 Å². The third kappa shape index (κ3) is 1.01. The molecule has 0 heterocycles. The highest BCUT2D eigenvalue weighted by atomic mass is 16.3. The van der Waals surface area contributed by atoms with E-state index < -0.39 is 0 Å². The Bertz CT molecular complexity index is 342. The number of rotatable bonds is 1. The van der Waals surface area contributed by atoms with E-state index in [4.69, 9.17) is 5.73 Å². The molecule has 1 aliphatic rings. The summed E-state index contributed by atoms with van der Waals surface area (Å²) in [5.74, 6) is 0.357. The zero-order valence-electron chi connectivity index (χ0n) is 6.75. The van der Waals surface area contributed by atoms with Crippen LogP contribution in [0, 0.1) is 0 Å². The van der Waals surface area contributed by atoms with Crippen LogP contribution in [0.15, 0.2) is 23.8 Å². The van der Waals surface area contributed by atoms with Crippen LogP contribution in [0.25, 0.3) is 6.08 Å². The van der Waals surface area contributed by atoms with Crippen LogP contribution in [-0.2, 0) is 6.42 Å². The lowest BCUT2D eigenvalue weighted by molar-refractivity contribution is 0.473. The Labute approximate surface area is 71.3 Å². The molecule has 2 heteroatoms. The first-order valence-corrected chi connectivity index (χ1v) is 4.01. The van der Waals surface area contributed by atoms with Crippen LogP contribution in [0.2, 0.25) is 0 Å². The van der Waals surface area contributed by atoms with Crippen LogP contribution in [0.5, 0.6) is 5.75 Å². The van der Waals surface area contributed by atoms with E-state index in [2.05, 4.69) is 0 Å². The van der Waals surface area contributed by atoms with Crippen molar-refractivity contribution in [3.05, 3.63) is 34.9 Å². The lowest BCUT2D eigenvalue weighted by Crippen LogP contribution is -2.01. The molecule has 0 unspecified atom stereocenters. The molecule has 0 atom stereocenters. The smallest absolute Gasteiger partial charge is 0.123 e. The van der Waals surface area contributed by atoms with Crippen molar-refractivity contribution in [3.8, 4) is 5.75 Å². The summed E-state index contributed by atoms with van der Waals surface area (Å²) >= 11 is 0. The molecule has 0 saturated heterocycles. The fraction of sp³-hybridized carbons (Fsp3) is 0.200. The van der Waals surface area contributed by atoms with Gasteiger partial charge in [0.05, 0.1) is 0 Å². The van der Waals surface area contributed by atoms with E-state index in [0.717, 1.165) is 12.0 Å². The second-order valence-electron chi connectivity index (χ2n) is 3.03. The Hall–Kier alpha value is -1.28. The van der Waals surface area contributed by atoms with Crippen LogP contribution < -0.4 is 5.73 Å². The van der Waals surface area contributed by atoms with Gasteiger partial charge >= 0.3 is 0 Å². The SMILES string of the molecule is NCC1=Cc2c(O)cccc2C1. The molecule has 0 spiro atoms. The van der Waals surface area contributed by atoms with E-state index in [1.165, 1.54) is 11.1 Å². The van der Waals surface area contributed by atoms with Crippen LogP contribution in [-0.4, -0.2) is 11.7 Å². The molecule has 0 fully saturated rings. The zero-order valence-corrected chi connectivity index (χ0v) is 6.75. The minimum absolute atomic E-state index is 0.357. The van der Waals surface area contributed by atoms with E-state index in [1.807, 2.05) is 18.2 Å². The number of phenolic OH excluding ortho intramolecular Hbond substituents is 1. The molecular weight excluding hydrogens is 150 g/mol. The van der Waals surface area contributed by atoms with Crippen LogP contribution in [0.1, 0.15) is 11.1 Å².